The quantitative estimate of drug-likeness (QED) is 0.719. The highest BCUT2D eigenvalue weighted by atomic mass is 32.1. The molecule has 1 unspecified atom stereocenters. The number of nitrogens with one attached hydrogen (secondary N) is 2. The van der Waals surface area contributed by atoms with Crippen LogP contribution in [0, 0.1) is 0 Å². The zero-order chi connectivity index (χ0) is 17.4. The number of hydrogen-bond donors (Lipinski definition) is 2. The van der Waals surface area contributed by atoms with Gasteiger partial charge >= 0.3 is 6.61 Å². The van der Waals surface area contributed by atoms with Crippen molar-refractivity contribution in [1.29, 1.82) is 0 Å². The van der Waals surface area contributed by atoms with Crippen LogP contribution < -0.4 is 15.0 Å². The summed E-state index contributed by atoms with van der Waals surface area (Å²) in [4.78, 5) is 13.0. The number of likely N-dealkylation sites (N-methyl/N-ethyl adjacent to an activating group) is 1. The second-order valence-electron chi connectivity index (χ2n) is 5.56. The summed E-state index contributed by atoms with van der Waals surface area (Å²) >= 11 is 1.65. The maximum atomic E-state index is 12.1. The van der Waals surface area contributed by atoms with Crippen LogP contribution in [-0.2, 0) is 17.8 Å². The standard InChI is InChI=1S/C17H20F2N2O2S/c1-21(10-14-7-9-24-12-14)11-16(22)20-8-6-13-2-4-15(5-3-13)23-17(18)19/h2-5,7,9,12,17H,6,8,10-11H2,1H3,(H,20,22)/p+1. The van der Waals surface area contributed by atoms with Gasteiger partial charge < -0.3 is 15.0 Å². The van der Waals surface area contributed by atoms with Crippen molar-refractivity contribution in [3.05, 3.63) is 52.2 Å². The molecule has 1 heterocycles. The van der Waals surface area contributed by atoms with Crippen LogP contribution in [0.5, 0.6) is 5.75 Å². The van der Waals surface area contributed by atoms with Crippen LogP contribution in [-0.4, -0.2) is 32.7 Å². The van der Waals surface area contributed by atoms with Gasteiger partial charge in [-0.2, -0.15) is 20.1 Å². The van der Waals surface area contributed by atoms with E-state index in [4.69, 9.17) is 0 Å². The monoisotopic (exact) mass is 355 g/mol. The lowest BCUT2D eigenvalue weighted by Crippen LogP contribution is -3.08. The molecule has 24 heavy (non-hydrogen) atoms. The van der Waals surface area contributed by atoms with Crippen molar-refractivity contribution < 1.29 is 23.2 Å². The minimum atomic E-state index is -2.82. The molecular formula is C17H21F2N2O2S+. The van der Waals surface area contributed by atoms with Gasteiger partial charge in [-0.3, -0.25) is 4.79 Å². The van der Waals surface area contributed by atoms with Crippen LogP contribution >= 0.6 is 11.3 Å². The molecule has 0 aliphatic heterocycles. The van der Waals surface area contributed by atoms with Crippen molar-refractivity contribution in [2.45, 2.75) is 19.6 Å². The third kappa shape index (κ3) is 6.64. The van der Waals surface area contributed by atoms with Crippen molar-refractivity contribution in [3.8, 4) is 5.75 Å². The van der Waals surface area contributed by atoms with Crippen LogP contribution in [0.3, 0.4) is 0 Å². The van der Waals surface area contributed by atoms with Gasteiger partial charge in [-0.05, 0) is 40.9 Å². The number of ether oxygens (including phenoxy) is 1. The Bertz CT molecular complexity index is 618. The zero-order valence-electron chi connectivity index (χ0n) is 13.4. The molecule has 2 N–H and O–H groups in total. The van der Waals surface area contributed by atoms with Gasteiger partial charge in [0.15, 0.2) is 6.54 Å². The Morgan fingerprint density at radius 2 is 2.00 bits per heavy atom. The van der Waals surface area contributed by atoms with E-state index in [2.05, 4.69) is 21.5 Å². The van der Waals surface area contributed by atoms with Crippen molar-refractivity contribution in [3.63, 3.8) is 0 Å². The highest BCUT2D eigenvalue weighted by molar-refractivity contribution is 7.07. The van der Waals surface area contributed by atoms with E-state index in [-0.39, 0.29) is 11.7 Å². The third-order valence-corrected chi connectivity index (χ3v) is 4.16. The highest BCUT2D eigenvalue weighted by Gasteiger charge is 2.10. The molecule has 1 atom stereocenters. The summed E-state index contributed by atoms with van der Waals surface area (Å²) in [5.74, 6) is 0.136. The number of thiophene rings is 1. The van der Waals surface area contributed by atoms with Gasteiger partial charge in [0.25, 0.3) is 5.91 Å². The van der Waals surface area contributed by atoms with E-state index in [1.807, 2.05) is 12.4 Å². The van der Waals surface area contributed by atoms with Crippen molar-refractivity contribution in [2.24, 2.45) is 0 Å². The first kappa shape index (κ1) is 18.4. The van der Waals surface area contributed by atoms with E-state index in [0.717, 1.165) is 17.0 Å². The van der Waals surface area contributed by atoms with Crippen LogP contribution in [0.1, 0.15) is 11.1 Å². The SMILES string of the molecule is C[NH+](CC(=O)NCCc1ccc(OC(F)F)cc1)Cc1ccsc1. The summed E-state index contributed by atoms with van der Waals surface area (Å²) in [5.41, 5.74) is 2.19. The van der Waals surface area contributed by atoms with Gasteiger partial charge in [0, 0.05) is 12.1 Å². The topological polar surface area (TPSA) is 42.8 Å². The molecule has 1 amide bonds. The molecule has 0 aliphatic rings. The lowest BCUT2D eigenvalue weighted by molar-refractivity contribution is -0.885. The largest absolute Gasteiger partial charge is 0.435 e. The molecule has 130 valence electrons. The lowest BCUT2D eigenvalue weighted by Gasteiger charge is -2.13. The minimum Gasteiger partial charge on any atom is -0.435 e. The van der Waals surface area contributed by atoms with Crippen LogP contribution in [0.25, 0.3) is 0 Å². The van der Waals surface area contributed by atoms with Gasteiger partial charge in [0.2, 0.25) is 0 Å². The number of alkyl halides is 2. The maximum absolute atomic E-state index is 12.1. The van der Waals surface area contributed by atoms with Crippen molar-refractivity contribution in [2.75, 3.05) is 20.1 Å². The van der Waals surface area contributed by atoms with E-state index >= 15 is 0 Å². The molecule has 2 rings (SSSR count). The zero-order valence-corrected chi connectivity index (χ0v) is 14.2. The molecule has 0 saturated carbocycles. The number of hydrogen-bond acceptors (Lipinski definition) is 3. The lowest BCUT2D eigenvalue weighted by atomic mass is 10.1. The fourth-order valence-corrected chi connectivity index (χ4v) is 2.99. The Morgan fingerprint density at radius 3 is 2.62 bits per heavy atom. The second-order valence-corrected chi connectivity index (χ2v) is 6.34. The fraction of sp³-hybridized carbons (Fsp3) is 0.353. The average molecular weight is 355 g/mol. The number of carbonyl (C=O) groups excluding carboxylic acids is 1. The highest BCUT2D eigenvalue weighted by Crippen LogP contribution is 2.14. The molecule has 7 heteroatoms. The van der Waals surface area contributed by atoms with Gasteiger partial charge in [0.05, 0.1) is 7.05 Å². The normalized spacial score (nSPS) is 12.2. The molecule has 1 aromatic carbocycles. The first-order valence-electron chi connectivity index (χ1n) is 7.66. The molecule has 0 saturated heterocycles. The summed E-state index contributed by atoms with van der Waals surface area (Å²) in [7, 11) is 1.99. The summed E-state index contributed by atoms with van der Waals surface area (Å²) in [6.45, 7) is -1.07. The number of quaternary nitrogens is 1. The predicted octanol–water partition coefficient (Wildman–Crippen LogP) is 1.72. The van der Waals surface area contributed by atoms with E-state index in [0.29, 0.717) is 19.5 Å². The molecule has 0 radical (unpaired) electrons. The predicted molar refractivity (Wildman–Crippen MR) is 89.6 cm³/mol. The van der Waals surface area contributed by atoms with Crippen LogP contribution in [0.2, 0.25) is 0 Å². The summed E-state index contributed by atoms with van der Waals surface area (Å²) in [6.07, 6.45) is 0.643. The number of halogens is 2. The van der Waals surface area contributed by atoms with Crippen molar-refractivity contribution in [1.82, 2.24) is 5.32 Å². The van der Waals surface area contributed by atoms with E-state index in [9.17, 15) is 13.6 Å². The Balaban J connectivity index is 1.66. The van der Waals surface area contributed by atoms with Gasteiger partial charge in [0.1, 0.15) is 12.3 Å². The average Bonchev–Trinajstić information content (AvgIpc) is 3.01. The fourth-order valence-electron chi connectivity index (χ4n) is 2.32. The molecular weight excluding hydrogens is 334 g/mol. The smallest absolute Gasteiger partial charge is 0.387 e. The summed E-state index contributed by atoms with van der Waals surface area (Å²) in [6, 6.07) is 8.51. The van der Waals surface area contributed by atoms with E-state index in [1.54, 1.807) is 23.5 Å². The Kier molecular flexibility index (Phi) is 7.14. The van der Waals surface area contributed by atoms with E-state index < -0.39 is 6.61 Å². The molecule has 0 aliphatic carbocycles. The van der Waals surface area contributed by atoms with E-state index in [1.165, 1.54) is 17.7 Å². The molecule has 1 aromatic heterocycles. The Labute approximate surface area is 144 Å². The summed E-state index contributed by atoms with van der Waals surface area (Å²) in [5, 5.41) is 6.99. The Hall–Kier alpha value is -1.99. The Morgan fingerprint density at radius 1 is 1.25 bits per heavy atom. The van der Waals surface area contributed by atoms with Gasteiger partial charge in [-0.25, -0.2) is 0 Å². The molecule has 0 spiro atoms. The maximum Gasteiger partial charge on any atom is 0.387 e. The molecule has 0 bridgehead atoms. The van der Waals surface area contributed by atoms with Gasteiger partial charge in [-0.15, -0.1) is 0 Å². The third-order valence-electron chi connectivity index (χ3n) is 3.43. The molecule has 0 fully saturated rings. The second kappa shape index (κ2) is 9.34. The first-order chi connectivity index (χ1) is 11.5. The molecule has 2 aromatic rings. The number of amides is 1. The number of benzene rings is 1. The summed E-state index contributed by atoms with van der Waals surface area (Å²) < 4.78 is 28.4. The first-order valence-corrected chi connectivity index (χ1v) is 8.60. The van der Waals surface area contributed by atoms with Crippen LogP contribution in [0.4, 0.5) is 8.78 Å². The number of carbonyl (C=O) groups is 1. The molecule has 4 nitrogen and oxygen atoms in total. The van der Waals surface area contributed by atoms with Gasteiger partial charge in [-0.1, -0.05) is 12.1 Å². The number of rotatable bonds is 9. The minimum absolute atomic E-state index is 0.000355. The van der Waals surface area contributed by atoms with Crippen molar-refractivity contribution >= 4 is 17.2 Å². The van der Waals surface area contributed by atoms with Crippen LogP contribution in [0.15, 0.2) is 41.1 Å².